The van der Waals surface area contributed by atoms with E-state index in [0.717, 1.165) is 16.8 Å². The summed E-state index contributed by atoms with van der Waals surface area (Å²) in [5.74, 6) is 0. The van der Waals surface area contributed by atoms with Gasteiger partial charge in [0.05, 0.1) is 13.2 Å². The number of nitrogens with zero attached hydrogens (tertiary/aromatic N) is 1. The number of H-pyrrole nitrogens is 1. The van der Waals surface area contributed by atoms with E-state index in [-0.39, 0.29) is 23.2 Å². The monoisotopic (exact) mass is 446 g/mol. The van der Waals surface area contributed by atoms with Crippen molar-refractivity contribution < 1.29 is 29.2 Å². The highest BCUT2D eigenvalue weighted by Gasteiger charge is 2.53. The smallest absolute Gasteiger partial charge is 0.330 e. The molecule has 1 aromatic heterocycles. The Hall–Kier alpha value is -1.34. The topological polar surface area (TPSA) is 143 Å². The Labute approximate surface area is 176 Å². The van der Waals surface area contributed by atoms with Gasteiger partial charge in [0.15, 0.2) is 26.4 Å². The molecule has 4 N–H and O–H groups in total. The highest BCUT2D eigenvalue weighted by Crippen LogP contribution is 2.44. The van der Waals surface area contributed by atoms with Crippen LogP contribution >= 0.6 is 0 Å². The van der Waals surface area contributed by atoms with E-state index in [0.29, 0.717) is 0 Å². The Morgan fingerprint density at radius 3 is 2.20 bits per heavy atom. The second-order valence-electron chi connectivity index (χ2n) is 8.73. The Kier molecular flexibility index (Phi) is 7.83. The maximum absolute atomic E-state index is 12.2. The molecule has 1 aliphatic heterocycles. The number of hydrogen-bond acceptors (Lipinski definition) is 8. The van der Waals surface area contributed by atoms with Crippen molar-refractivity contribution in [2.45, 2.75) is 82.6 Å². The maximum atomic E-state index is 12.2. The van der Waals surface area contributed by atoms with Crippen LogP contribution in [0.25, 0.3) is 0 Å². The van der Waals surface area contributed by atoms with Crippen molar-refractivity contribution in [3.63, 3.8) is 0 Å². The predicted octanol–water partition coefficient (Wildman–Crippen LogP) is 0.642. The summed E-state index contributed by atoms with van der Waals surface area (Å²) in [7, 11) is -2.38. The lowest BCUT2D eigenvalue weighted by atomic mass is 10.0. The molecule has 172 valence electrons. The number of rotatable bonds is 8. The minimum atomic E-state index is -2.38. The maximum Gasteiger partial charge on any atom is 0.330 e. The molecule has 1 saturated heterocycles. The van der Waals surface area contributed by atoms with Gasteiger partial charge in [-0.3, -0.25) is 14.3 Å². The molecule has 2 rings (SSSR count). The summed E-state index contributed by atoms with van der Waals surface area (Å²) in [5, 5.41) is 30.9. The van der Waals surface area contributed by atoms with Crippen LogP contribution in [-0.2, 0) is 13.9 Å². The first-order valence-corrected chi connectivity index (χ1v) is 12.3. The Balaban J connectivity index is 2.39. The summed E-state index contributed by atoms with van der Waals surface area (Å²) in [6.45, 7) is 11.7. The van der Waals surface area contributed by atoms with Gasteiger partial charge in [-0.2, -0.15) is 0 Å². The van der Waals surface area contributed by atoms with E-state index in [2.05, 4.69) is 46.5 Å². The van der Waals surface area contributed by atoms with Crippen molar-refractivity contribution in [1.29, 1.82) is 0 Å². The van der Waals surface area contributed by atoms with Crippen LogP contribution in [0.5, 0.6) is 0 Å². The first kappa shape index (κ1) is 24.9. The van der Waals surface area contributed by atoms with E-state index in [1.54, 1.807) is 0 Å². The first-order chi connectivity index (χ1) is 13.9. The van der Waals surface area contributed by atoms with Crippen LogP contribution in [0, 0.1) is 0 Å². The third-order valence-corrected chi connectivity index (χ3v) is 12.0. The van der Waals surface area contributed by atoms with Crippen molar-refractivity contribution in [3.8, 4) is 0 Å². The van der Waals surface area contributed by atoms with E-state index in [9.17, 15) is 24.9 Å². The third-order valence-electron chi connectivity index (χ3n) is 5.98. The molecular formula is C19H34N2O8Si. The summed E-state index contributed by atoms with van der Waals surface area (Å²) < 4.78 is 18.5. The van der Waals surface area contributed by atoms with Gasteiger partial charge in [-0.05, 0) is 16.6 Å². The highest BCUT2D eigenvalue weighted by atomic mass is 28.4. The fourth-order valence-corrected chi connectivity index (χ4v) is 10.0. The van der Waals surface area contributed by atoms with E-state index in [4.69, 9.17) is 13.9 Å². The number of nitrogens with one attached hydrogen (secondary N) is 1. The number of hydrogen-bond donors (Lipinski definition) is 4. The largest absolute Gasteiger partial charge is 0.413 e. The van der Waals surface area contributed by atoms with E-state index < -0.39 is 50.6 Å². The van der Waals surface area contributed by atoms with E-state index >= 15 is 0 Å². The number of ether oxygens (including phenoxy) is 2. The van der Waals surface area contributed by atoms with Crippen LogP contribution in [0.2, 0.25) is 16.6 Å². The molecule has 2 heterocycles. The first-order valence-electron chi connectivity index (χ1n) is 10.2. The van der Waals surface area contributed by atoms with Gasteiger partial charge in [0.1, 0.15) is 0 Å². The average molecular weight is 447 g/mol. The Morgan fingerprint density at radius 1 is 1.17 bits per heavy atom. The zero-order valence-electron chi connectivity index (χ0n) is 18.4. The summed E-state index contributed by atoms with van der Waals surface area (Å²) in [5.41, 5.74) is -2.42. The van der Waals surface area contributed by atoms with Crippen molar-refractivity contribution in [2.75, 3.05) is 13.2 Å². The van der Waals surface area contributed by atoms with Gasteiger partial charge in [0.25, 0.3) is 5.56 Å². The molecule has 1 aliphatic rings. The lowest BCUT2D eigenvalue weighted by Crippen LogP contribution is -2.63. The van der Waals surface area contributed by atoms with Gasteiger partial charge in [0.2, 0.25) is 6.29 Å². The van der Waals surface area contributed by atoms with Gasteiger partial charge >= 0.3 is 5.69 Å². The molecule has 2 unspecified atom stereocenters. The molecule has 0 aromatic carbocycles. The van der Waals surface area contributed by atoms with E-state index in [1.165, 1.54) is 0 Å². The fourth-order valence-electron chi connectivity index (χ4n) is 4.52. The summed E-state index contributed by atoms with van der Waals surface area (Å²) >= 11 is 0. The van der Waals surface area contributed by atoms with E-state index in [1.807, 2.05) is 0 Å². The molecule has 1 aromatic rings. The minimum Gasteiger partial charge on any atom is -0.413 e. The lowest BCUT2D eigenvalue weighted by molar-refractivity contribution is -0.396. The van der Waals surface area contributed by atoms with Crippen LogP contribution in [0.4, 0.5) is 0 Å². The van der Waals surface area contributed by atoms with Crippen LogP contribution in [0.15, 0.2) is 21.9 Å². The van der Waals surface area contributed by atoms with Crippen LogP contribution in [0.3, 0.4) is 0 Å². The molecule has 0 amide bonds. The lowest BCUT2D eigenvalue weighted by Gasteiger charge is -2.49. The van der Waals surface area contributed by atoms with Gasteiger partial charge in [0, 0.05) is 12.3 Å². The molecule has 0 bridgehead atoms. The summed E-state index contributed by atoms with van der Waals surface area (Å²) in [6, 6.07) is 1.09. The molecule has 11 heteroatoms. The number of aromatic amines is 1. The van der Waals surface area contributed by atoms with Crippen LogP contribution < -0.4 is 11.2 Å². The molecule has 0 saturated carbocycles. The highest BCUT2D eigenvalue weighted by molar-refractivity contribution is 6.77. The summed E-state index contributed by atoms with van der Waals surface area (Å²) in [6.07, 6.45) is -3.65. The van der Waals surface area contributed by atoms with Crippen LogP contribution in [-0.4, -0.2) is 64.6 Å². The fraction of sp³-hybridized carbons (Fsp3) is 0.789. The van der Waals surface area contributed by atoms with Gasteiger partial charge in [-0.25, -0.2) is 4.79 Å². The average Bonchev–Trinajstić information content (AvgIpc) is 2.63. The zero-order chi connectivity index (χ0) is 22.9. The van der Waals surface area contributed by atoms with Crippen molar-refractivity contribution in [3.05, 3.63) is 33.1 Å². The van der Waals surface area contributed by atoms with Crippen LogP contribution in [0.1, 0.15) is 47.8 Å². The molecule has 0 radical (unpaired) electrons. The second-order valence-corrected chi connectivity index (χ2v) is 14.2. The van der Waals surface area contributed by atoms with Crippen molar-refractivity contribution in [1.82, 2.24) is 9.55 Å². The number of aliphatic hydroxyl groups excluding tert-OH is 3. The van der Waals surface area contributed by atoms with Crippen molar-refractivity contribution in [2.24, 2.45) is 0 Å². The van der Waals surface area contributed by atoms with Gasteiger partial charge in [-0.15, -0.1) is 0 Å². The Morgan fingerprint density at radius 2 is 1.73 bits per heavy atom. The zero-order valence-corrected chi connectivity index (χ0v) is 19.4. The molecule has 1 fully saturated rings. The minimum absolute atomic E-state index is 0.188. The number of aromatic nitrogens is 2. The Bertz CT molecular complexity index is 801. The van der Waals surface area contributed by atoms with Gasteiger partial charge in [-0.1, -0.05) is 41.5 Å². The standard InChI is InChI=1S/C19H34N2O8Si/c1-11(2)30(12(3)4,13(5)6)27-10-19(9-22)17(25)28-16(24)15(29-19)21-8-7-14(23)20-18(21)26/h7-8,11-13,15-17,22,24-25H,9-10H2,1-6H3,(H,20,23,26)/t15-,16?,17?,19+/m1/s1. The molecule has 10 nitrogen and oxygen atoms in total. The van der Waals surface area contributed by atoms with Gasteiger partial charge < -0.3 is 29.2 Å². The third kappa shape index (κ3) is 4.47. The SMILES string of the molecule is CC(C)[Si](OC[C@]1(CO)O[C@@H](n2ccc(=O)[nH]c2=O)C(O)OC1O)(C(C)C)C(C)C. The normalized spacial score (nSPS) is 27.9. The molecule has 0 spiro atoms. The number of aliphatic hydroxyl groups is 3. The molecular weight excluding hydrogens is 412 g/mol. The molecule has 0 aliphatic carbocycles. The predicted molar refractivity (Wildman–Crippen MR) is 111 cm³/mol. The molecule has 4 atom stereocenters. The quantitative estimate of drug-likeness (QED) is 0.426. The second kappa shape index (κ2) is 9.43. The summed E-state index contributed by atoms with van der Waals surface area (Å²) in [4.78, 5) is 25.6. The molecule has 30 heavy (non-hydrogen) atoms. The van der Waals surface area contributed by atoms with Crippen molar-refractivity contribution >= 4 is 8.32 Å².